The minimum absolute atomic E-state index is 0.0413. The zero-order valence-electron chi connectivity index (χ0n) is 13.7. The van der Waals surface area contributed by atoms with E-state index in [2.05, 4.69) is 24.3 Å². The molecule has 1 saturated heterocycles. The zero-order valence-corrected chi connectivity index (χ0v) is 13.7. The number of methoxy groups -OCH3 is 1. The average Bonchev–Trinajstić information content (AvgIpc) is 3.05. The van der Waals surface area contributed by atoms with Gasteiger partial charge in [0.05, 0.1) is 11.7 Å². The van der Waals surface area contributed by atoms with E-state index in [1.54, 1.807) is 7.11 Å². The molecule has 1 fully saturated rings. The van der Waals surface area contributed by atoms with Gasteiger partial charge in [-0.1, -0.05) is 30.3 Å². The molecule has 3 rings (SSSR count). The highest BCUT2D eigenvalue weighted by Gasteiger charge is 2.31. The van der Waals surface area contributed by atoms with Gasteiger partial charge in [0.1, 0.15) is 6.61 Å². The summed E-state index contributed by atoms with van der Waals surface area (Å²) >= 11 is 0. The molecule has 120 valence electrons. The number of pyridine rings is 1. The standard InChI is InChI=1S/C19H22N2O2/c1-14-11-16(15-7-4-3-5-8-15)12-17(20-14)18-9-6-10-21(18)19(22)13-23-2/h3-5,7-8,11-12,18H,6,9-10,13H2,1-2H3/t18-/m1/s1. The second-order valence-electron chi connectivity index (χ2n) is 5.97. The number of hydrogen-bond acceptors (Lipinski definition) is 3. The van der Waals surface area contributed by atoms with Crippen molar-refractivity contribution in [2.45, 2.75) is 25.8 Å². The number of nitrogens with zero attached hydrogens (tertiary/aromatic N) is 2. The number of carbonyl (C=O) groups excluding carboxylic acids is 1. The lowest BCUT2D eigenvalue weighted by Gasteiger charge is -2.24. The lowest BCUT2D eigenvalue weighted by Crippen LogP contribution is -2.33. The highest BCUT2D eigenvalue weighted by molar-refractivity contribution is 5.78. The second kappa shape index (κ2) is 6.92. The predicted octanol–water partition coefficient (Wildman–Crippen LogP) is 3.37. The number of benzene rings is 1. The molecule has 0 saturated carbocycles. The van der Waals surface area contributed by atoms with Gasteiger partial charge < -0.3 is 9.64 Å². The Morgan fingerprint density at radius 1 is 1.26 bits per heavy atom. The molecule has 1 amide bonds. The van der Waals surface area contributed by atoms with Gasteiger partial charge in [0.2, 0.25) is 5.91 Å². The Kier molecular flexibility index (Phi) is 4.72. The Morgan fingerprint density at radius 3 is 2.78 bits per heavy atom. The minimum atomic E-state index is 0.0413. The largest absolute Gasteiger partial charge is 0.375 e. The van der Waals surface area contributed by atoms with Crippen LogP contribution in [0.5, 0.6) is 0 Å². The summed E-state index contributed by atoms with van der Waals surface area (Å²) in [6, 6.07) is 14.5. The number of hydrogen-bond donors (Lipinski definition) is 0. The van der Waals surface area contributed by atoms with Crippen molar-refractivity contribution in [2.75, 3.05) is 20.3 Å². The van der Waals surface area contributed by atoms with Crippen LogP contribution < -0.4 is 0 Å². The topological polar surface area (TPSA) is 42.4 Å². The smallest absolute Gasteiger partial charge is 0.249 e. The first-order chi connectivity index (χ1) is 11.2. The molecule has 2 heterocycles. The SMILES string of the molecule is COCC(=O)N1CCC[C@@H]1c1cc(-c2ccccc2)cc(C)n1. The molecular weight excluding hydrogens is 288 g/mol. The summed E-state index contributed by atoms with van der Waals surface area (Å²) in [5, 5.41) is 0. The van der Waals surface area contributed by atoms with Gasteiger partial charge >= 0.3 is 0 Å². The molecule has 4 heteroatoms. The molecule has 4 nitrogen and oxygen atoms in total. The number of likely N-dealkylation sites (tertiary alicyclic amines) is 1. The van der Waals surface area contributed by atoms with Gasteiger partial charge in [-0.15, -0.1) is 0 Å². The van der Waals surface area contributed by atoms with Crippen LogP contribution >= 0.6 is 0 Å². The number of rotatable bonds is 4. The Bertz CT molecular complexity index is 685. The molecule has 1 aliphatic rings. The van der Waals surface area contributed by atoms with E-state index in [4.69, 9.17) is 9.72 Å². The summed E-state index contributed by atoms with van der Waals surface area (Å²) in [5.74, 6) is 0.0413. The third-order valence-electron chi connectivity index (χ3n) is 4.26. The predicted molar refractivity (Wildman–Crippen MR) is 90.0 cm³/mol. The number of ether oxygens (including phenoxy) is 1. The van der Waals surface area contributed by atoms with Gasteiger partial charge in [-0.2, -0.15) is 0 Å². The molecule has 1 aliphatic heterocycles. The summed E-state index contributed by atoms with van der Waals surface area (Å²) in [5.41, 5.74) is 4.28. The monoisotopic (exact) mass is 310 g/mol. The third kappa shape index (κ3) is 3.42. The normalized spacial score (nSPS) is 17.5. The molecule has 2 aromatic rings. The first-order valence-corrected chi connectivity index (χ1v) is 8.01. The van der Waals surface area contributed by atoms with E-state index in [9.17, 15) is 4.79 Å². The van der Waals surface area contributed by atoms with Crippen LogP contribution in [0.3, 0.4) is 0 Å². The first-order valence-electron chi connectivity index (χ1n) is 8.01. The van der Waals surface area contributed by atoms with Crippen LogP contribution in [0.1, 0.15) is 30.3 Å². The fourth-order valence-corrected chi connectivity index (χ4v) is 3.24. The molecule has 1 aromatic carbocycles. The van der Waals surface area contributed by atoms with Crippen LogP contribution in [0, 0.1) is 6.92 Å². The van der Waals surface area contributed by atoms with E-state index in [0.29, 0.717) is 0 Å². The molecule has 0 spiro atoms. The van der Waals surface area contributed by atoms with Crippen LogP contribution in [0.4, 0.5) is 0 Å². The Morgan fingerprint density at radius 2 is 2.04 bits per heavy atom. The molecule has 1 aromatic heterocycles. The number of aryl methyl sites for hydroxylation is 1. The summed E-state index contributed by atoms with van der Waals surface area (Å²) in [7, 11) is 1.56. The maximum Gasteiger partial charge on any atom is 0.249 e. The fraction of sp³-hybridized carbons (Fsp3) is 0.368. The molecule has 1 atom stereocenters. The fourth-order valence-electron chi connectivity index (χ4n) is 3.24. The summed E-state index contributed by atoms with van der Waals surface area (Å²) in [4.78, 5) is 18.8. The second-order valence-corrected chi connectivity index (χ2v) is 5.97. The summed E-state index contributed by atoms with van der Waals surface area (Å²) in [6.07, 6.45) is 1.97. The molecule has 0 bridgehead atoms. The minimum Gasteiger partial charge on any atom is -0.375 e. The van der Waals surface area contributed by atoms with Crippen molar-refractivity contribution < 1.29 is 9.53 Å². The highest BCUT2D eigenvalue weighted by atomic mass is 16.5. The van der Waals surface area contributed by atoms with Gasteiger partial charge in [-0.25, -0.2) is 0 Å². The van der Waals surface area contributed by atoms with E-state index in [1.807, 2.05) is 30.0 Å². The molecule has 0 aliphatic carbocycles. The van der Waals surface area contributed by atoms with Crippen LogP contribution in [0.25, 0.3) is 11.1 Å². The quantitative estimate of drug-likeness (QED) is 0.869. The van der Waals surface area contributed by atoms with E-state index in [0.717, 1.165) is 36.3 Å². The van der Waals surface area contributed by atoms with Crippen molar-refractivity contribution in [3.63, 3.8) is 0 Å². The van der Waals surface area contributed by atoms with E-state index in [1.165, 1.54) is 5.56 Å². The lowest BCUT2D eigenvalue weighted by atomic mass is 10.0. The highest BCUT2D eigenvalue weighted by Crippen LogP contribution is 2.33. The van der Waals surface area contributed by atoms with Crippen molar-refractivity contribution in [3.8, 4) is 11.1 Å². The van der Waals surface area contributed by atoms with Gasteiger partial charge in [0.15, 0.2) is 0 Å². The maximum atomic E-state index is 12.2. The number of aromatic nitrogens is 1. The number of carbonyl (C=O) groups is 1. The first kappa shape index (κ1) is 15.7. The average molecular weight is 310 g/mol. The Labute approximate surface area is 137 Å². The molecule has 0 unspecified atom stereocenters. The van der Waals surface area contributed by atoms with Crippen molar-refractivity contribution >= 4 is 5.91 Å². The van der Waals surface area contributed by atoms with Crippen LogP contribution in [0.15, 0.2) is 42.5 Å². The molecular formula is C19H22N2O2. The zero-order chi connectivity index (χ0) is 16.2. The summed E-state index contributed by atoms with van der Waals surface area (Å²) < 4.78 is 5.01. The van der Waals surface area contributed by atoms with Crippen LogP contribution in [-0.4, -0.2) is 36.1 Å². The van der Waals surface area contributed by atoms with Gasteiger partial charge in [0, 0.05) is 19.3 Å². The van der Waals surface area contributed by atoms with Gasteiger partial charge in [-0.05, 0) is 43.0 Å². The maximum absolute atomic E-state index is 12.2. The van der Waals surface area contributed by atoms with E-state index in [-0.39, 0.29) is 18.6 Å². The van der Waals surface area contributed by atoms with Crippen molar-refractivity contribution in [2.24, 2.45) is 0 Å². The molecule has 0 radical (unpaired) electrons. The van der Waals surface area contributed by atoms with Crippen LogP contribution in [-0.2, 0) is 9.53 Å². The Hall–Kier alpha value is -2.20. The van der Waals surface area contributed by atoms with E-state index < -0.39 is 0 Å². The lowest BCUT2D eigenvalue weighted by molar-refractivity contribution is -0.136. The molecule has 23 heavy (non-hydrogen) atoms. The van der Waals surface area contributed by atoms with Crippen molar-refractivity contribution in [1.29, 1.82) is 0 Å². The van der Waals surface area contributed by atoms with Crippen molar-refractivity contribution in [3.05, 3.63) is 53.9 Å². The Balaban J connectivity index is 1.93. The third-order valence-corrected chi connectivity index (χ3v) is 4.26. The number of amides is 1. The van der Waals surface area contributed by atoms with Crippen LogP contribution in [0.2, 0.25) is 0 Å². The van der Waals surface area contributed by atoms with Crippen molar-refractivity contribution in [1.82, 2.24) is 9.88 Å². The molecule has 0 N–H and O–H groups in total. The van der Waals surface area contributed by atoms with E-state index >= 15 is 0 Å². The van der Waals surface area contributed by atoms with Gasteiger partial charge in [-0.3, -0.25) is 9.78 Å². The van der Waals surface area contributed by atoms with Gasteiger partial charge in [0.25, 0.3) is 0 Å². The summed E-state index contributed by atoms with van der Waals surface area (Å²) in [6.45, 7) is 2.92.